The first-order valence-electron chi connectivity index (χ1n) is 10.8. The van der Waals surface area contributed by atoms with Crippen LogP contribution in [0.15, 0.2) is 6.20 Å². The number of hydrogen-bond acceptors (Lipinski definition) is 4. The molecule has 1 saturated heterocycles. The maximum atomic E-state index is 13.5. The molecule has 5 nitrogen and oxygen atoms in total. The van der Waals surface area contributed by atoms with E-state index in [1.54, 1.807) is 4.90 Å². The number of aliphatic hydroxyl groups excluding tert-OH is 1. The molecule has 6 atom stereocenters. The number of alkyl halides is 2. The average Bonchev–Trinajstić information content (AvgIpc) is 2.70. The van der Waals surface area contributed by atoms with Gasteiger partial charge in [0.15, 0.2) is 0 Å². The zero-order valence-corrected chi connectivity index (χ0v) is 19.5. The summed E-state index contributed by atoms with van der Waals surface area (Å²) in [6.45, 7) is 5.15. The van der Waals surface area contributed by atoms with Gasteiger partial charge in [-0.3, -0.25) is 9.78 Å². The number of piperidine rings is 1. The second-order valence-electron chi connectivity index (χ2n) is 9.14. The summed E-state index contributed by atoms with van der Waals surface area (Å²) in [6.07, 6.45) is 0.399. The molecule has 31 heavy (non-hydrogen) atoms. The number of aliphatic hydroxyl groups is 2. The van der Waals surface area contributed by atoms with Crippen LogP contribution in [0.5, 0.6) is 0 Å². The number of pyridine rings is 1. The third-order valence-electron chi connectivity index (χ3n) is 7.27. The Morgan fingerprint density at radius 2 is 2.00 bits per heavy atom. The van der Waals surface area contributed by atoms with Crippen molar-refractivity contribution in [2.24, 2.45) is 17.8 Å². The molecule has 1 aromatic rings. The summed E-state index contributed by atoms with van der Waals surface area (Å²) >= 11 is 12.6. The topological polar surface area (TPSA) is 73.7 Å². The highest BCUT2D eigenvalue weighted by Crippen LogP contribution is 2.48. The fraction of sp³-hybridized carbons (Fsp3) is 0.727. The van der Waals surface area contributed by atoms with Gasteiger partial charge in [0.1, 0.15) is 5.60 Å². The molecule has 174 valence electrons. The molecule has 2 aliphatic rings. The molecule has 3 rings (SSSR count). The first-order valence-corrected chi connectivity index (χ1v) is 11.5. The Bertz CT molecular complexity index is 822. The maximum absolute atomic E-state index is 13.5. The van der Waals surface area contributed by atoms with Crippen LogP contribution in [0.1, 0.15) is 63.8 Å². The Kier molecular flexibility index (Phi) is 7.51. The lowest BCUT2D eigenvalue weighted by atomic mass is 9.61. The van der Waals surface area contributed by atoms with Gasteiger partial charge in [0.2, 0.25) is 5.91 Å². The monoisotopic (exact) mass is 478 g/mol. The normalized spacial score (nSPS) is 29.4. The van der Waals surface area contributed by atoms with E-state index >= 15 is 0 Å². The van der Waals surface area contributed by atoms with Gasteiger partial charge >= 0.3 is 0 Å². The molecule has 1 amide bonds. The Hall–Kier alpha value is -1.02. The van der Waals surface area contributed by atoms with Crippen molar-refractivity contribution in [3.05, 3.63) is 27.5 Å². The minimum absolute atomic E-state index is 0.0280. The SMILES string of the molecule is C[C@H](O)c1ncc(Cl)c(CC(=O)N2CC[C@@H]3[C@H](CCC[C@H]3C(C)(O)C(F)F)[C@@H]2C)c1Cl. The third kappa shape index (κ3) is 4.70. The number of carbonyl (C=O) groups is 1. The molecule has 1 unspecified atom stereocenters. The smallest absolute Gasteiger partial charge is 0.266 e. The summed E-state index contributed by atoms with van der Waals surface area (Å²) in [6, 6.07) is -0.141. The van der Waals surface area contributed by atoms with E-state index in [1.165, 1.54) is 20.0 Å². The van der Waals surface area contributed by atoms with E-state index in [0.29, 0.717) is 24.9 Å². The van der Waals surface area contributed by atoms with Gasteiger partial charge in [-0.15, -0.1) is 0 Å². The molecule has 2 fully saturated rings. The number of likely N-dealkylation sites (tertiary alicyclic amines) is 1. The predicted octanol–water partition coefficient (Wildman–Crippen LogP) is 4.65. The summed E-state index contributed by atoms with van der Waals surface area (Å²) in [7, 11) is 0. The van der Waals surface area contributed by atoms with E-state index in [9.17, 15) is 23.8 Å². The van der Waals surface area contributed by atoms with Crippen LogP contribution in [0.3, 0.4) is 0 Å². The quantitative estimate of drug-likeness (QED) is 0.645. The number of rotatable bonds is 5. The van der Waals surface area contributed by atoms with E-state index in [-0.39, 0.29) is 45.9 Å². The van der Waals surface area contributed by atoms with Gasteiger partial charge in [0.05, 0.1) is 28.3 Å². The van der Waals surface area contributed by atoms with Crippen molar-refractivity contribution in [1.29, 1.82) is 0 Å². The van der Waals surface area contributed by atoms with Gasteiger partial charge in [0, 0.05) is 24.3 Å². The van der Waals surface area contributed by atoms with Crippen LogP contribution in [0.25, 0.3) is 0 Å². The molecule has 1 aliphatic carbocycles. The summed E-state index contributed by atoms with van der Waals surface area (Å²) in [5.41, 5.74) is -1.33. The zero-order valence-electron chi connectivity index (χ0n) is 18.0. The van der Waals surface area contributed by atoms with Crippen LogP contribution in [-0.4, -0.2) is 50.6 Å². The Morgan fingerprint density at radius 3 is 2.61 bits per heavy atom. The highest BCUT2D eigenvalue weighted by Gasteiger charge is 2.51. The van der Waals surface area contributed by atoms with E-state index in [0.717, 1.165) is 12.8 Å². The molecule has 2 N–H and O–H groups in total. The highest BCUT2D eigenvalue weighted by atomic mass is 35.5. The Morgan fingerprint density at radius 1 is 1.32 bits per heavy atom. The van der Waals surface area contributed by atoms with Crippen LogP contribution in [0, 0.1) is 17.8 Å². The van der Waals surface area contributed by atoms with Crippen molar-refractivity contribution in [2.45, 2.75) is 77.0 Å². The largest absolute Gasteiger partial charge is 0.387 e. The Balaban J connectivity index is 1.78. The first-order chi connectivity index (χ1) is 14.5. The summed E-state index contributed by atoms with van der Waals surface area (Å²) in [5.74, 6) is -0.631. The summed E-state index contributed by atoms with van der Waals surface area (Å²) in [5, 5.41) is 20.7. The van der Waals surface area contributed by atoms with Gasteiger partial charge in [-0.25, -0.2) is 8.78 Å². The van der Waals surface area contributed by atoms with Crippen LogP contribution >= 0.6 is 23.2 Å². The molecule has 1 aliphatic heterocycles. The van der Waals surface area contributed by atoms with Gasteiger partial charge in [0.25, 0.3) is 6.43 Å². The van der Waals surface area contributed by atoms with Gasteiger partial charge in [-0.05, 0) is 57.8 Å². The molecule has 0 bridgehead atoms. The molecule has 0 aromatic carbocycles. The molecule has 9 heteroatoms. The molecular formula is C22H30Cl2F2N2O3. The fourth-order valence-corrected chi connectivity index (χ4v) is 6.14. The maximum Gasteiger partial charge on any atom is 0.266 e. The number of carbonyl (C=O) groups excluding carboxylic acids is 1. The number of halogens is 4. The minimum atomic E-state index is -2.80. The van der Waals surface area contributed by atoms with Crippen molar-refractivity contribution in [3.63, 3.8) is 0 Å². The molecule has 0 radical (unpaired) electrons. The lowest BCUT2D eigenvalue weighted by molar-refractivity contribution is -0.164. The van der Waals surface area contributed by atoms with Gasteiger partial charge < -0.3 is 15.1 Å². The van der Waals surface area contributed by atoms with Crippen LogP contribution in [-0.2, 0) is 11.2 Å². The van der Waals surface area contributed by atoms with Gasteiger partial charge in [-0.2, -0.15) is 0 Å². The van der Waals surface area contributed by atoms with Crippen molar-refractivity contribution in [1.82, 2.24) is 9.88 Å². The zero-order chi connectivity index (χ0) is 23.1. The average molecular weight is 479 g/mol. The molecule has 1 saturated carbocycles. The van der Waals surface area contributed by atoms with Crippen molar-refractivity contribution in [3.8, 4) is 0 Å². The second kappa shape index (κ2) is 9.46. The minimum Gasteiger partial charge on any atom is -0.387 e. The summed E-state index contributed by atoms with van der Waals surface area (Å²) in [4.78, 5) is 19.0. The number of fused-ring (bicyclic) bond motifs is 1. The predicted molar refractivity (Wildman–Crippen MR) is 115 cm³/mol. The fourth-order valence-electron chi connectivity index (χ4n) is 5.50. The van der Waals surface area contributed by atoms with E-state index in [1.807, 2.05) is 6.92 Å². The van der Waals surface area contributed by atoms with E-state index < -0.39 is 24.0 Å². The number of hydrogen-bond donors (Lipinski definition) is 2. The van der Waals surface area contributed by atoms with Crippen molar-refractivity contribution in [2.75, 3.05) is 6.54 Å². The van der Waals surface area contributed by atoms with Crippen LogP contribution in [0.2, 0.25) is 10.0 Å². The van der Waals surface area contributed by atoms with Crippen LogP contribution in [0.4, 0.5) is 8.78 Å². The highest BCUT2D eigenvalue weighted by molar-refractivity contribution is 6.36. The molecule has 0 spiro atoms. The van der Waals surface area contributed by atoms with Crippen LogP contribution < -0.4 is 0 Å². The lowest BCUT2D eigenvalue weighted by Crippen LogP contribution is -2.57. The van der Waals surface area contributed by atoms with E-state index in [2.05, 4.69) is 4.98 Å². The van der Waals surface area contributed by atoms with Gasteiger partial charge in [-0.1, -0.05) is 29.6 Å². The van der Waals surface area contributed by atoms with E-state index in [4.69, 9.17) is 23.2 Å². The molecular weight excluding hydrogens is 449 g/mol. The number of aromatic nitrogens is 1. The Labute approximate surface area is 191 Å². The summed E-state index contributed by atoms with van der Waals surface area (Å²) < 4.78 is 27.0. The standard InChI is InChI=1S/C22H30Cl2F2N2O3/c1-11-13-5-4-6-16(22(3,31)21(25)26)14(13)7-8-28(11)18(30)9-15-17(23)10-27-20(12(2)29)19(15)24/h10-14,16,21,29,31H,4-9H2,1-3H3/t11-,12-,13+,14+,16+,22?/m0/s1. The lowest BCUT2D eigenvalue weighted by Gasteiger charge is -2.52. The first kappa shape index (κ1) is 24.6. The number of nitrogens with zero attached hydrogens (tertiary/aromatic N) is 2. The number of amides is 1. The molecule has 2 heterocycles. The molecule has 1 aromatic heterocycles. The third-order valence-corrected chi connectivity index (χ3v) is 8.01. The van der Waals surface area contributed by atoms with Crippen molar-refractivity contribution < 1.29 is 23.8 Å². The second-order valence-corrected chi connectivity index (χ2v) is 9.93. The van der Waals surface area contributed by atoms with Crippen molar-refractivity contribution >= 4 is 29.1 Å².